The van der Waals surface area contributed by atoms with E-state index in [9.17, 15) is 9.59 Å². The quantitative estimate of drug-likeness (QED) is 0.456. The van der Waals surface area contributed by atoms with Crippen LogP contribution in [0.5, 0.6) is 11.5 Å². The van der Waals surface area contributed by atoms with Crippen LogP contribution in [0, 0.1) is 0 Å². The van der Waals surface area contributed by atoms with Crippen molar-refractivity contribution >= 4 is 23.4 Å². The first kappa shape index (κ1) is 21.9. The van der Waals surface area contributed by atoms with Crippen LogP contribution in [0.15, 0.2) is 52.4 Å². The molecule has 0 unspecified atom stereocenters. The summed E-state index contributed by atoms with van der Waals surface area (Å²) in [4.78, 5) is 30.6. The molecule has 0 saturated heterocycles. The second-order valence-corrected chi connectivity index (χ2v) is 8.36. The van der Waals surface area contributed by atoms with Gasteiger partial charge in [-0.05, 0) is 47.7 Å². The van der Waals surface area contributed by atoms with Crippen LogP contribution in [-0.2, 0) is 4.79 Å². The number of hydrogen-bond donors (Lipinski definition) is 1. The Morgan fingerprint density at radius 2 is 2.00 bits per heavy atom. The van der Waals surface area contributed by atoms with Crippen LogP contribution >= 0.6 is 11.8 Å². The molecule has 0 fully saturated rings. The molecule has 2 aromatic carbocycles. The average molecular weight is 454 g/mol. The second-order valence-electron chi connectivity index (χ2n) is 7.11. The third kappa shape index (κ3) is 3.73. The van der Waals surface area contributed by atoms with Gasteiger partial charge >= 0.3 is 11.3 Å². The first-order valence-electron chi connectivity index (χ1n) is 10.4. The number of methoxy groups -OCH3 is 1. The number of para-hydroxylation sites is 1. The van der Waals surface area contributed by atoms with E-state index in [2.05, 4.69) is 4.98 Å². The van der Waals surface area contributed by atoms with Gasteiger partial charge in [0, 0.05) is 17.6 Å². The summed E-state index contributed by atoms with van der Waals surface area (Å²) in [5.74, 6) is 1.73. The minimum Gasteiger partial charge on any atom is -0.493 e. The number of nitrogens with zero attached hydrogens (tertiary/aromatic N) is 3. The Hall–Kier alpha value is -3.33. The molecule has 8 nitrogen and oxygen atoms in total. The third-order valence-corrected chi connectivity index (χ3v) is 5.91. The van der Waals surface area contributed by atoms with Gasteiger partial charge in [0.25, 0.3) is 6.17 Å². The van der Waals surface area contributed by atoms with Crippen molar-refractivity contribution in [2.45, 2.75) is 32.1 Å². The van der Waals surface area contributed by atoms with E-state index in [4.69, 9.17) is 14.6 Å². The lowest BCUT2D eigenvalue weighted by Gasteiger charge is -2.31. The Bertz CT molecular complexity index is 1230. The zero-order valence-electron chi connectivity index (χ0n) is 18.4. The van der Waals surface area contributed by atoms with Crippen molar-refractivity contribution in [1.29, 1.82) is 0 Å². The predicted octanol–water partition coefficient (Wildman–Crippen LogP) is 3.16. The number of carbonyl (C=O) groups is 1. The van der Waals surface area contributed by atoms with Gasteiger partial charge in [0.2, 0.25) is 11.1 Å². The number of fused-ring (bicyclic) bond motifs is 3. The zero-order valence-corrected chi connectivity index (χ0v) is 19.2. The molecule has 0 bridgehead atoms. The minimum absolute atomic E-state index is 0.166. The van der Waals surface area contributed by atoms with E-state index in [-0.39, 0.29) is 11.5 Å². The number of aromatic amines is 1. The molecule has 32 heavy (non-hydrogen) atoms. The van der Waals surface area contributed by atoms with Gasteiger partial charge in [-0.2, -0.15) is 0 Å². The maximum absolute atomic E-state index is 13.2. The smallest absolute Gasteiger partial charge is 0.325 e. The summed E-state index contributed by atoms with van der Waals surface area (Å²) < 4.78 is 12.8. The van der Waals surface area contributed by atoms with E-state index in [0.29, 0.717) is 40.2 Å². The maximum Gasteiger partial charge on any atom is 0.325 e. The Balaban J connectivity index is 2.01. The van der Waals surface area contributed by atoms with Gasteiger partial charge in [0.15, 0.2) is 11.5 Å². The molecule has 0 radical (unpaired) electrons. The lowest BCUT2D eigenvalue weighted by atomic mass is 10.0. The lowest BCUT2D eigenvalue weighted by molar-refractivity contribution is -0.763. The van der Waals surface area contributed by atoms with Crippen LogP contribution in [0.4, 0.5) is 5.69 Å². The van der Waals surface area contributed by atoms with E-state index < -0.39 is 6.17 Å². The molecule has 1 amide bonds. The van der Waals surface area contributed by atoms with Gasteiger partial charge < -0.3 is 9.47 Å². The number of amides is 1. The summed E-state index contributed by atoms with van der Waals surface area (Å²) in [5.41, 5.74) is 2.19. The first-order valence-corrected chi connectivity index (χ1v) is 11.4. The van der Waals surface area contributed by atoms with Crippen molar-refractivity contribution in [3.63, 3.8) is 0 Å². The van der Waals surface area contributed by atoms with Crippen LogP contribution < -0.4 is 24.6 Å². The third-order valence-electron chi connectivity index (χ3n) is 5.16. The standard InChI is InChI=1S/C23H24N4O4S/c1-5-31-18-12-11-15(13-19(18)30-4)22-26(14(3)28)17-10-8-7-9-16(17)20-21(29)24-23(32-6-2)25-27(20)22/h7-13,22H,5-6H2,1-4H3/p+1/t22-/m0/s1. The number of thioether (sulfide) groups is 1. The molecule has 9 heteroatoms. The van der Waals surface area contributed by atoms with Crippen LogP contribution in [0.2, 0.25) is 0 Å². The second kappa shape index (κ2) is 9.04. The largest absolute Gasteiger partial charge is 0.493 e. The average Bonchev–Trinajstić information content (AvgIpc) is 2.78. The summed E-state index contributed by atoms with van der Waals surface area (Å²) in [7, 11) is 1.57. The van der Waals surface area contributed by atoms with E-state index in [0.717, 1.165) is 11.3 Å². The van der Waals surface area contributed by atoms with E-state index >= 15 is 0 Å². The minimum atomic E-state index is -0.666. The SMILES string of the molecule is CCOc1ccc([C@H]2N(C(C)=O)c3ccccc3-c3c(=O)[nH]c(SCC)n[n+]32)cc1OC. The number of carbonyl (C=O) groups excluding carboxylic acids is 1. The highest BCUT2D eigenvalue weighted by Crippen LogP contribution is 2.39. The fourth-order valence-electron chi connectivity index (χ4n) is 3.93. The van der Waals surface area contributed by atoms with Crippen LogP contribution in [0.1, 0.15) is 32.5 Å². The topological polar surface area (TPSA) is 88.4 Å². The van der Waals surface area contributed by atoms with Crippen molar-refractivity contribution in [2.75, 3.05) is 24.4 Å². The molecular weight excluding hydrogens is 428 g/mol. The lowest BCUT2D eigenvalue weighted by Crippen LogP contribution is -2.60. The summed E-state index contributed by atoms with van der Waals surface area (Å²) in [6, 6.07) is 12.9. The van der Waals surface area contributed by atoms with E-state index in [1.54, 1.807) is 16.7 Å². The molecule has 3 aromatic rings. The molecule has 1 aliphatic rings. The van der Waals surface area contributed by atoms with Crippen molar-refractivity contribution in [2.24, 2.45) is 0 Å². The fraction of sp³-hybridized carbons (Fsp3) is 0.304. The van der Waals surface area contributed by atoms with Crippen LogP contribution in [0.3, 0.4) is 0 Å². The molecule has 1 aromatic heterocycles. The monoisotopic (exact) mass is 453 g/mol. The van der Waals surface area contributed by atoms with Crippen molar-refractivity contribution in [3.8, 4) is 22.8 Å². The number of H-pyrrole nitrogens is 1. The molecule has 166 valence electrons. The van der Waals surface area contributed by atoms with Gasteiger partial charge in [-0.1, -0.05) is 30.8 Å². The van der Waals surface area contributed by atoms with Crippen LogP contribution in [-0.4, -0.2) is 35.5 Å². The van der Waals surface area contributed by atoms with E-state index in [1.807, 2.05) is 56.3 Å². The van der Waals surface area contributed by atoms with Gasteiger partial charge in [0.05, 0.1) is 25.0 Å². The number of anilines is 1. The van der Waals surface area contributed by atoms with Crippen LogP contribution in [0.25, 0.3) is 11.3 Å². The molecule has 0 aliphatic carbocycles. The molecule has 0 saturated carbocycles. The Labute approximate surface area is 190 Å². The number of aromatic nitrogens is 3. The highest BCUT2D eigenvalue weighted by Gasteiger charge is 2.45. The summed E-state index contributed by atoms with van der Waals surface area (Å²) in [6.45, 7) is 5.90. The highest BCUT2D eigenvalue weighted by molar-refractivity contribution is 7.99. The summed E-state index contributed by atoms with van der Waals surface area (Å²) in [5, 5.41) is 5.22. The highest BCUT2D eigenvalue weighted by atomic mass is 32.2. The Morgan fingerprint density at radius 1 is 1.22 bits per heavy atom. The molecule has 1 aliphatic heterocycles. The predicted molar refractivity (Wildman–Crippen MR) is 122 cm³/mol. The number of hydrogen-bond acceptors (Lipinski definition) is 6. The number of rotatable bonds is 6. The maximum atomic E-state index is 13.2. The number of nitrogens with one attached hydrogen (secondary N) is 1. The fourth-order valence-corrected chi connectivity index (χ4v) is 4.52. The summed E-state index contributed by atoms with van der Waals surface area (Å²) >= 11 is 1.43. The summed E-state index contributed by atoms with van der Waals surface area (Å²) in [6.07, 6.45) is -0.666. The normalized spacial score (nSPS) is 14.5. The van der Waals surface area contributed by atoms with Gasteiger partial charge in [0.1, 0.15) is 0 Å². The molecule has 4 rings (SSSR count). The van der Waals surface area contributed by atoms with Crippen molar-refractivity contribution in [3.05, 3.63) is 58.4 Å². The molecule has 1 atom stereocenters. The molecule has 1 N–H and O–H groups in total. The Kier molecular flexibility index (Phi) is 6.18. The first-order chi connectivity index (χ1) is 15.5. The van der Waals surface area contributed by atoms with Crippen molar-refractivity contribution < 1.29 is 19.0 Å². The number of benzene rings is 2. The zero-order chi connectivity index (χ0) is 22.8. The number of ether oxygens (including phenoxy) is 2. The molecule has 2 heterocycles. The van der Waals surface area contributed by atoms with Crippen molar-refractivity contribution in [1.82, 2.24) is 10.1 Å². The van der Waals surface area contributed by atoms with Gasteiger partial charge in [-0.15, -0.1) is 0 Å². The van der Waals surface area contributed by atoms with Gasteiger partial charge in [-0.3, -0.25) is 14.6 Å². The molecule has 0 spiro atoms. The van der Waals surface area contributed by atoms with Gasteiger partial charge in [-0.25, -0.2) is 4.90 Å². The van der Waals surface area contributed by atoms with E-state index in [1.165, 1.54) is 18.7 Å². The molecular formula is C23H25N4O4S+. The Morgan fingerprint density at radius 3 is 2.69 bits per heavy atom.